The lowest BCUT2D eigenvalue weighted by Crippen LogP contribution is -2.37. The molecule has 0 saturated heterocycles. The van der Waals surface area contributed by atoms with Crippen LogP contribution in [-0.2, 0) is 4.79 Å². The van der Waals surface area contributed by atoms with Gasteiger partial charge in [-0.3, -0.25) is 9.69 Å². The quantitative estimate of drug-likeness (QED) is 0.463. The average Bonchev–Trinajstić information content (AvgIpc) is 2.78. The predicted octanol–water partition coefficient (Wildman–Crippen LogP) is 5.35. The number of carbonyl (C=O) groups is 2. The summed E-state index contributed by atoms with van der Waals surface area (Å²) in [6, 6.07) is 25.3. The van der Waals surface area contributed by atoms with Crippen molar-refractivity contribution < 1.29 is 9.59 Å². The van der Waals surface area contributed by atoms with Crippen LogP contribution in [0.1, 0.15) is 25.5 Å². The van der Waals surface area contributed by atoms with E-state index in [1.165, 1.54) is 0 Å². The Bertz CT molecular complexity index is 989. The second-order valence-electron chi connectivity index (χ2n) is 7.05. The van der Waals surface area contributed by atoms with Crippen molar-refractivity contribution in [2.75, 3.05) is 29.0 Å². The molecule has 0 aliphatic rings. The monoisotopic (exact) mass is 416 g/mol. The molecule has 1 atom stereocenters. The number of urea groups is 1. The Morgan fingerprint density at radius 3 is 1.84 bits per heavy atom. The zero-order chi connectivity index (χ0) is 22.1. The molecule has 3 N–H and O–H groups in total. The third kappa shape index (κ3) is 6.17. The number of likely N-dealkylation sites (N-methyl/N-ethyl adjacent to an activating group) is 1. The molecular weight excluding hydrogens is 388 g/mol. The Labute approximate surface area is 183 Å². The highest BCUT2D eigenvalue weighted by Gasteiger charge is 2.25. The van der Waals surface area contributed by atoms with Crippen LogP contribution in [0.5, 0.6) is 0 Å². The smallest absolute Gasteiger partial charge is 0.323 e. The van der Waals surface area contributed by atoms with Crippen molar-refractivity contribution >= 4 is 29.0 Å². The normalized spacial score (nSPS) is 11.6. The second kappa shape index (κ2) is 10.9. The van der Waals surface area contributed by atoms with Crippen LogP contribution in [0.2, 0.25) is 0 Å². The first-order valence-electron chi connectivity index (χ1n) is 10.4. The zero-order valence-corrected chi connectivity index (χ0v) is 17.8. The van der Waals surface area contributed by atoms with Crippen LogP contribution >= 0.6 is 0 Å². The first-order chi connectivity index (χ1) is 15.1. The van der Waals surface area contributed by atoms with Crippen molar-refractivity contribution in [3.8, 4) is 0 Å². The van der Waals surface area contributed by atoms with E-state index < -0.39 is 6.04 Å². The first kappa shape index (κ1) is 22.1. The number of nitrogens with zero attached hydrogens (tertiary/aromatic N) is 1. The van der Waals surface area contributed by atoms with Gasteiger partial charge in [-0.15, -0.1) is 0 Å². The van der Waals surface area contributed by atoms with Crippen LogP contribution < -0.4 is 16.0 Å². The van der Waals surface area contributed by atoms with Crippen molar-refractivity contribution in [3.05, 3.63) is 90.5 Å². The van der Waals surface area contributed by atoms with Crippen LogP contribution in [0, 0.1) is 0 Å². The van der Waals surface area contributed by atoms with E-state index in [1.807, 2.05) is 80.6 Å². The highest BCUT2D eigenvalue weighted by Crippen LogP contribution is 2.24. The summed E-state index contributed by atoms with van der Waals surface area (Å²) in [4.78, 5) is 27.6. The molecule has 1 unspecified atom stereocenters. The maximum absolute atomic E-state index is 13.2. The number of benzene rings is 3. The number of carbonyl (C=O) groups excluding carboxylic acids is 2. The van der Waals surface area contributed by atoms with E-state index in [4.69, 9.17) is 0 Å². The number of nitrogens with one attached hydrogen (secondary N) is 3. The van der Waals surface area contributed by atoms with Crippen molar-refractivity contribution in [2.24, 2.45) is 0 Å². The zero-order valence-electron chi connectivity index (χ0n) is 17.8. The van der Waals surface area contributed by atoms with E-state index in [-0.39, 0.29) is 11.9 Å². The Hall–Kier alpha value is -3.64. The largest absolute Gasteiger partial charge is 0.324 e. The molecule has 6 heteroatoms. The predicted molar refractivity (Wildman–Crippen MR) is 126 cm³/mol. The maximum atomic E-state index is 13.2. The van der Waals surface area contributed by atoms with Crippen LogP contribution in [0.15, 0.2) is 84.9 Å². The summed E-state index contributed by atoms with van der Waals surface area (Å²) in [7, 11) is 0. The second-order valence-corrected chi connectivity index (χ2v) is 7.05. The molecule has 0 saturated carbocycles. The third-order valence-corrected chi connectivity index (χ3v) is 4.96. The molecule has 3 amide bonds. The molecule has 0 aliphatic carbocycles. The number of hydrogen-bond acceptors (Lipinski definition) is 3. The average molecular weight is 417 g/mol. The van der Waals surface area contributed by atoms with Crippen molar-refractivity contribution in [3.63, 3.8) is 0 Å². The summed E-state index contributed by atoms with van der Waals surface area (Å²) in [5, 5.41) is 8.58. The van der Waals surface area contributed by atoms with Gasteiger partial charge in [0.2, 0.25) is 5.91 Å². The Morgan fingerprint density at radius 1 is 0.710 bits per heavy atom. The SMILES string of the molecule is CCN(CC)C(C(=O)Nc1cccc(NC(=O)Nc2ccccc2)c1)c1ccccc1. The summed E-state index contributed by atoms with van der Waals surface area (Å²) in [6.07, 6.45) is 0. The molecule has 0 aliphatic heterocycles. The molecule has 3 rings (SSSR count). The van der Waals surface area contributed by atoms with E-state index in [0.29, 0.717) is 17.1 Å². The minimum Gasteiger partial charge on any atom is -0.324 e. The number of anilines is 3. The van der Waals surface area contributed by atoms with Gasteiger partial charge in [0, 0.05) is 17.1 Å². The topological polar surface area (TPSA) is 73.5 Å². The van der Waals surface area contributed by atoms with Gasteiger partial charge in [0.25, 0.3) is 0 Å². The third-order valence-electron chi connectivity index (χ3n) is 4.96. The Balaban J connectivity index is 1.71. The van der Waals surface area contributed by atoms with Gasteiger partial charge in [-0.25, -0.2) is 4.79 Å². The van der Waals surface area contributed by atoms with Gasteiger partial charge in [-0.1, -0.05) is 68.4 Å². The molecule has 0 radical (unpaired) electrons. The lowest BCUT2D eigenvalue weighted by Gasteiger charge is -2.29. The van der Waals surface area contributed by atoms with Crippen molar-refractivity contribution in [1.29, 1.82) is 0 Å². The molecular formula is C25H28N4O2. The lowest BCUT2D eigenvalue weighted by atomic mass is 10.0. The number of para-hydroxylation sites is 1. The van der Waals surface area contributed by atoms with Gasteiger partial charge < -0.3 is 16.0 Å². The fraction of sp³-hybridized carbons (Fsp3) is 0.200. The van der Waals surface area contributed by atoms with Gasteiger partial charge in [0.05, 0.1) is 0 Å². The van der Waals surface area contributed by atoms with Crippen molar-refractivity contribution in [2.45, 2.75) is 19.9 Å². The van der Waals surface area contributed by atoms with Crippen LogP contribution in [-0.4, -0.2) is 29.9 Å². The van der Waals surface area contributed by atoms with Gasteiger partial charge in [0.15, 0.2) is 0 Å². The van der Waals surface area contributed by atoms with Crippen molar-refractivity contribution in [1.82, 2.24) is 4.90 Å². The Kier molecular flexibility index (Phi) is 7.79. The van der Waals surface area contributed by atoms with E-state index >= 15 is 0 Å². The number of hydrogen-bond donors (Lipinski definition) is 3. The molecule has 0 spiro atoms. The van der Waals surface area contributed by atoms with Crippen LogP contribution in [0.25, 0.3) is 0 Å². The molecule has 3 aromatic carbocycles. The van der Waals surface area contributed by atoms with E-state index in [1.54, 1.807) is 18.2 Å². The summed E-state index contributed by atoms with van der Waals surface area (Å²) >= 11 is 0. The highest BCUT2D eigenvalue weighted by molar-refractivity contribution is 6.01. The van der Waals surface area contributed by atoms with Crippen LogP contribution in [0.3, 0.4) is 0 Å². The molecule has 0 fully saturated rings. The molecule has 0 bridgehead atoms. The van der Waals surface area contributed by atoms with E-state index in [2.05, 4.69) is 20.9 Å². The summed E-state index contributed by atoms with van der Waals surface area (Å²) in [6.45, 7) is 5.60. The molecule has 160 valence electrons. The molecule has 6 nitrogen and oxygen atoms in total. The van der Waals surface area contributed by atoms with E-state index in [0.717, 1.165) is 18.7 Å². The number of amides is 3. The standard InChI is InChI=1S/C25H28N4O2/c1-3-29(4-2)23(19-12-7-5-8-13-19)24(30)26-21-16-11-17-22(18-21)28-25(31)27-20-14-9-6-10-15-20/h5-18,23H,3-4H2,1-2H3,(H,26,30)(H2,27,28,31). The molecule has 0 aromatic heterocycles. The molecule has 31 heavy (non-hydrogen) atoms. The maximum Gasteiger partial charge on any atom is 0.323 e. The summed E-state index contributed by atoms with van der Waals surface area (Å²) < 4.78 is 0. The molecule has 0 heterocycles. The van der Waals surface area contributed by atoms with Gasteiger partial charge in [-0.05, 0) is 49.0 Å². The van der Waals surface area contributed by atoms with Gasteiger partial charge in [0.1, 0.15) is 6.04 Å². The fourth-order valence-electron chi connectivity index (χ4n) is 3.45. The summed E-state index contributed by atoms with van der Waals surface area (Å²) in [5.41, 5.74) is 2.86. The van der Waals surface area contributed by atoms with Gasteiger partial charge >= 0.3 is 6.03 Å². The summed E-state index contributed by atoms with van der Waals surface area (Å²) in [5.74, 6) is -0.110. The fourth-order valence-corrected chi connectivity index (χ4v) is 3.45. The lowest BCUT2D eigenvalue weighted by molar-refractivity contribution is -0.121. The minimum absolute atomic E-state index is 0.110. The minimum atomic E-state index is -0.394. The Morgan fingerprint density at radius 2 is 1.23 bits per heavy atom. The molecule has 3 aromatic rings. The van der Waals surface area contributed by atoms with Gasteiger partial charge in [-0.2, -0.15) is 0 Å². The first-order valence-corrected chi connectivity index (χ1v) is 10.4. The van der Waals surface area contributed by atoms with Crippen LogP contribution in [0.4, 0.5) is 21.9 Å². The van der Waals surface area contributed by atoms with E-state index in [9.17, 15) is 9.59 Å². The number of rotatable bonds is 8. The highest BCUT2D eigenvalue weighted by atomic mass is 16.2.